The molecule has 1 atom stereocenters. The molecule has 2 aromatic heterocycles. The van der Waals surface area contributed by atoms with Gasteiger partial charge in [-0.25, -0.2) is 0 Å². The van der Waals surface area contributed by atoms with Crippen LogP contribution in [0.5, 0.6) is 5.75 Å². The number of ether oxygens (including phenoxy) is 1. The Balaban J connectivity index is 1.93. The van der Waals surface area contributed by atoms with Crippen molar-refractivity contribution in [1.82, 2.24) is 9.55 Å². The molecule has 0 fully saturated rings. The first-order chi connectivity index (χ1) is 13.6. The molecule has 28 heavy (non-hydrogen) atoms. The summed E-state index contributed by atoms with van der Waals surface area (Å²) in [6, 6.07) is 18.9. The van der Waals surface area contributed by atoms with E-state index in [2.05, 4.69) is 11.1 Å². The Kier molecular flexibility index (Phi) is 4.42. The maximum Gasteiger partial charge on any atom is 0.259 e. The topological polar surface area (TPSA) is 93.9 Å². The van der Waals surface area contributed by atoms with Gasteiger partial charge in [0.2, 0.25) is 5.88 Å². The van der Waals surface area contributed by atoms with Crippen molar-refractivity contribution in [2.45, 2.75) is 19.4 Å². The molecule has 0 saturated heterocycles. The Morgan fingerprint density at radius 1 is 1.21 bits per heavy atom. The number of pyridine rings is 2. The number of nitrogens with two attached hydrogens (primary N) is 1. The average Bonchev–Trinajstić information content (AvgIpc) is 2.71. The van der Waals surface area contributed by atoms with Gasteiger partial charge in [0.05, 0.1) is 23.7 Å². The predicted octanol–water partition coefficient (Wildman–Crippen LogP) is 2.82. The second kappa shape index (κ2) is 7.05. The largest absolute Gasteiger partial charge is 0.440 e. The number of aromatic nitrogens is 2. The average molecular weight is 370 g/mol. The van der Waals surface area contributed by atoms with Gasteiger partial charge in [0, 0.05) is 18.0 Å². The molecule has 1 aliphatic heterocycles. The van der Waals surface area contributed by atoms with Crippen LogP contribution >= 0.6 is 0 Å². The van der Waals surface area contributed by atoms with Crippen LogP contribution < -0.4 is 16.0 Å². The van der Waals surface area contributed by atoms with Gasteiger partial charge in [-0.2, -0.15) is 5.26 Å². The van der Waals surface area contributed by atoms with Crippen molar-refractivity contribution in [3.8, 4) is 11.8 Å². The Morgan fingerprint density at radius 3 is 2.64 bits per heavy atom. The number of allylic oxidation sites excluding steroid dienone is 1. The minimum absolute atomic E-state index is 0.0325. The number of nitriles is 1. The molecule has 0 bridgehead atoms. The van der Waals surface area contributed by atoms with E-state index in [4.69, 9.17) is 10.5 Å². The van der Waals surface area contributed by atoms with Gasteiger partial charge in [0.15, 0.2) is 0 Å². The Hall–Kier alpha value is -3.85. The van der Waals surface area contributed by atoms with Crippen molar-refractivity contribution < 1.29 is 4.74 Å². The van der Waals surface area contributed by atoms with E-state index in [1.807, 2.05) is 55.5 Å². The van der Waals surface area contributed by atoms with E-state index in [0.29, 0.717) is 17.9 Å². The van der Waals surface area contributed by atoms with Gasteiger partial charge in [0.1, 0.15) is 17.4 Å². The molecule has 6 nitrogen and oxygen atoms in total. The Labute approximate surface area is 162 Å². The van der Waals surface area contributed by atoms with Crippen LogP contribution in [0.25, 0.3) is 0 Å². The molecule has 3 heterocycles. The summed E-state index contributed by atoms with van der Waals surface area (Å²) < 4.78 is 7.31. The maximum atomic E-state index is 13.5. The zero-order valence-electron chi connectivity index (χ0n) is 15.3. The first-order valence-electron chi connectivity index (χ1n) is 8.87. The van der Waals surface area contributed by atoms with E-state index in [0.717, 1.165) is 17.0 Å². The first kappa shape index (κ1) is 17.6. The molecule has 2 N–H and O–H groups in total. The lowest BCUT2D eigenvalue weighted by Crippen LogP contribution is -2.33. The predicted molar refractivity (Wildman–Crippen MR) is 105 cm³/mol. The van der Waals surface area contributed by atoms with Crippen LogP contribution in [0, 0.1) is 18.3 Å². The molecule has 0 unspecified atom stereocenters. The van der Waals surface area contributed by atoms with Gasteiger partial charge in [0.25, 0.3) is 5.56 Å². The molecule has 4 rings (SSSR count). The standard InChI is InChI=1S/C22H18N4O2/c1-14-11-18-20(22(27)26(14)13-16-9-5-6-10-25-16)19(15-7-3-2-4-8-15)17(12-23)21(24)28-18/h2-11,19H,13,24H2,1H3/t19-/m1/s1. The lowest BCUT2D eigenvalue weighted by molar-refractivity contribution is 0.389. The van der Waals surface area contributed by atoms with Crippen molar-refractivity contribution >= 4 is 0 Å². The summed E-state index contributed by atoms with van der Waals surface area (Å²) in [4.78, 5) is 17.8. The van der Waals surface area contributed by atoms with Crippen LogP contribution in [0.3, 0.4) is 0 Å². The molecule has 0 aliphatic carbocycles. The van der Waals surface area contributed by atoms with Crippen LogP contribution in [0.15, 0.2) is 77.0 Å². The number of hydrogen-bond donors (Lipinski definition) is 1. The minimum atomic E-state index is -0.571. The van der Waals surface area contributed by atoms with Crippen LogP contribution in [0.4, 0.5) is 0 Å². The third-order valence-corrected chi connectivity index (χ3v) is 4.87. The number of nitrogens with zero attached hydrogens (tertiary/aromatic N) is 3. The molecular weight excluding hydrogens is 352 g/mol. The monoisotopic (exact) mass is 370 g/mol. The molecule has 0 saturated carbocycles. The number of benzene rings is 1. The van der Waals surface area contributed by atoms with Crippen molar-refractivity contribution in [2.75, 3.05) is 0 Å². The van der Waals surface area contributed by atoms with Crippen molar-refractivity contribution in [2.24, 2.45) is 5.73 Å². The molecule has 0 radical (unpaired) electrons. The normalized spacial score (nSPS) is 15.5. The lowest BCUT2D eigenvalue weighted by Gasteiger charge is -2.27. The zero-order valence-corrected chi connectivity index (χ0v) is 15.3. The third-order valence-electron chi connectivity index (χ3n) is 4.87. The van der Waals surface area contributed by atoms with Gasteiger partial charge in [-0.3, -0.25) is 9.78 Å². The second-order valence-electron chi connectivity index (χ2n) is 6.61. The van der Waals surface area contributed by atoms with E-state index >= 15 is 0 Å². The van der Waals surface area contributed by atoms with Gasteiger partial charge < -0.3 is 15.0 Å². The van der Waals surface area contributed by atoms with E-state index in [-0.39, 0.29) is 17.0 Å². The SMILES string of the molecule is Cc1cc2c(c(=O)n1Cc1ccccn1)[C@H](c1ccccc1)C(C#N)=C(N)O2. The third kappa shape index (κ3) is 2.93. The van der Waals surface area contributed by atoms with E-state index in [9.17, 15) is 10.1 Å². The summed E-state index contributed by atoms with van der Waals surface area (Å²) >= 11 is 0. The zero-order chi connectivity index (χ0) is 19.7. The summed E-state index contributed by atoms with van der Waals surface area (Å²) in [5, 5.41) is 9.68. The van der Waals surface area contributed by atoms with Crippen molar-refractivity contribution in [3.63, 3.8) is 0 Å². The smallest absolute Gasteiger partial charge is 0.259 e. The van der Waals surface area contributed by atoms with Gasteiger partial charge in [-0.05, 0) is 24.6 Å². The first-order valence-corrected chi connectivity index (χ1v) is 8.87. The number of fused-ring (bicyclic) bond motifs is 1. The summed E-state index contributed by atoms with van der Waals surface area (Å²) in [5.41, 5.74) is 8.77. The van der Waals surface area contributed by atoms with Crippen LogP contribution in [-0.2, 0) is 6.54 Å². The van der Waals surface area contributed by atoms with Crippen molar-refractivity contribution in [3.05, 3.63) is 105 Å². The fraction of sp³-hybridized carbons (Fsp3) is 0.136. The second-order valence-corrected chi connectivity index (χ2v) is 6.61. The molecule has 1 aliphatic rings. The molecular formula is C22H18N4O2. The molecule has 0 spiro atoms. The van der Waals surface area contributed by atoms with Gasteiger partial charge in [-0.15, -0.1) is 0 Å². The summed E-state index contributed by atoms with van der Waals surface area (Å²) in [5.74, 6) is -0.145. The molecule has 138 valence electrons. The van der Waals surface area contributed by atoms with Gasteiger partial charge >= 0.3 is 0 Å². The fourth-order valence-corrected chi connectivity index (χ4v) is 3.52. The highest BCUT2D eigenvalue weighted by Crippen LogP contribution is 2.40. The van der Waals surface area contributed by atoms with Crippen LogP contribution in [-0.4, -0.2) is 9.55 Å². The van der Waals surface area contributed by atoms with E-state index in [1.54, 1.807) is 16.8 Å². The molecule has 0 amide bonds. The van der Waals surface area contributed by atoms with E-state index in [1.165, 1.54) is 0 Å². The summed E-state index contributed by atoms with van der Waals surface area (Å²) in [6.07, 6.45) is 1.70. The van der Waals surface area contributed by atoms with Crippen LogP contribution in [0.2, 0.25) is 0 Å². The highest BCUT2D eigenvalue weighted by molar-refractivity contribution is 5.55. The van der Waals surface area contributed by atoms with Crippen molar-refractivity contribution in [1.29, 1.82) is 5.26 Å². The fourth-order valence-electron chi connectivity index (χ4n) is 3.52. The highest BCUT2D eigenvalue weighted by atomic mass is 16.5. The molecule has 1 aromatic carbocycles. The Morgan fingerprint density at radius 2 is 1.96 bits per heavy atom. The number of hydrogen-bond acceptors (Lipinski definition) is 5. The molecule has 3 aromatic rings. The number of aryl methyl sites for hydroxylation is 1. The van der Waals surface area contributed by atoms with Crippen LogP contribution in [0.1, 0.15) is 28.4 Å². The maximum absolute atomic E-state index is 13.5. The van der Waals surface area contributed by atoms with E-state index < -0.39 is 5.92 Å². The summed E-state index contributed by atoms with van der Waals surface area (Å²) in [6.45, 7) is 2.17. The lowest BCUT2D eigenvalue weighted by atomic mass is 9.84. The Bertz CT molecular complexity index is 1160. The molecule has 6 heteroatoms. The van der Waals surface area contributed by atoms with Gasteiger partial charge in [-0.1, -0.05) is 36.4 Å². The highest BCUT2D eigenvalue weighted by Gasteiger charge is 2.34. The number of rotatable bonds is 3. The summed E-state index contributed by atoms with van der Waals surface area (Å²) in [7, 11) is 0. The quantitative estimate of drug-likeness (QED) is 0.765. The minimum Gasteiger partial charge on any atom is -0.440 e.